The standard InChI is InChI=1S/C30H33F2N2O2P/c31-14-2-15-34-16-13-22(18-34)36-21-8-5-19(6-9-21)29-24(23-10-7-20(35)17-27(23)32)3-1-4-26-25(29)11-12-28(33)30(26)37/h5-12,17,22,35H,1-4,13-16,18,33,37H2. The zero-order valence-electron chi connectivity index (χ0n) is 20.9. The highest BCUT2D eigenvalue weighted by atomic mass is 31.0. The van der Waals surface area contributed by atoms with Gasteiger partial charge in [0.15, 0.2) is 0 Å². The van der Waals surface area contributed by atoms with Crippen LogP contribution in [0.3, 0.4) is 0 Å². The van der Waals surface area contributed by atoms with Crippen molar-refractivity contribution in [2.45, 2.75) is 38.2 Å². The lowest BCUT2D eigenvalue weighted by Gasteiger charge is -2.20. The van der Waals surface area contributed by atoms with Crippen LogP contribution in [0, 0.1) is 5.82 Å². The van der Waals surface area contributed by atoms with Crippen LogP contribution in [0.1, 0.15) is 47.9 Å². The molecule has 2 unspecified atom stereocenters. The summed E-state index contributed by atoms with van der Waals surface area (Å²) in [5.41, 5.74) is 12.5. The highest BCUT2D eigenvalue weighted by molar-refractivity contribution is 7.28. The number of hydrogen-bond donors (Lipinski definition) is 2. The van der Waals surface area contributed by atoms with Crippen LogP contribution < -0.4 is 15.8 Å². The van der Waals surface area contributed by atoms with Crippen LogP contribution in [0.5, 0.6) is 11.5 Å². The number of alkyl halides is 1. The van der Waals surface area contributed by atoms with E-state index in [4.69, 9.17) is 10.5 Å². The minimum Gasteiger partial charge on any atom is -0.508 e. The maximum absolute atomic E-state index is 15.1. The second kappa shape index (κ2) is 11.2. The molecule has 1 aliphatic carbocycles. The molecule has 1 fully saturated rings. The normalized spacial score (nSPS) is 18.1. The number of hydrogen-bond acceptors (Lipinski definition) is 4. The van der Waals surface area contributed by atoms with Crippen molar-refractivity contribution in [3.63, 3.8) is 0 Å². The average Bonchev–Trinajstić information content (AvgIpc) is 3.24. The first-order valence-electron chi connectivity index (χ1n) is 12.9. The number of nitrogens with zero attached hydrogens (tertiary/aromatic N) is 1. The fourth-order valence-electron chi connectivity index (χ4n) is 5.54. The van der Waals surface area contributed by atoms with Crippen molar-refractivity contribution in [2.24, 2.45) is 0 Å². The van der Waals surface area contributed by atoms with Crippen molar-refractivity contribution in [2.75, 3.05) is 32.0 Å². The summed E-state index contributed by atoms with van der Waals surface area (Å²) in [6.45, 7) is 2.21. The highest BCUT2D eigenvalue weighted by Gasteiger charge is 2.25. The Morgan fingerprint density at radius 2 is 1.84 bits per heavy atom. The summed E-state index contributed by atoms with van der Waals surface area (Å²) in [6.07, 6.45) is 3.98. The largest absolute Gasteiger partial charge is 0.508 e. The van der Waals surface area contributed by atoms with E-state index in [0.717, 1.165) is 83.5 Å². The predicted molar refractivity (Wildman–Crippen MR) is 150 cm³/mol. The van der Waals surface area contributed by atoms with Crippen molar-refractivity contribution in [3.05, 3.63) is 82.7 Å². The van der Waals surface area contributed by atoms with E-state index in [1.807, 2.05) is 36.4 Å². The number of phenols is 1. The predicted octanol–water partition coefficient (Wildman–Crippen LogP) is 5.72. The van der Waals surface area contributed by atoms with E-state index in [1.54, 1.807) is 6.07 Å². The zero-order valence-corrected chi connectivity index (χ0v) is 22.0. The number of benzene rings is 3. The number of phenolic OH excluding ortho intramolecular Hbond substituents is 1. The van der Waals surface area contributed by atoms with Gasteiger partial charge in [-0.2, -0.15) is 0 Å². The van der Waals surface area contributed by atoms with Crippen LogP contribution in [0.15, 0.2) is 54.6 Å². The number of allylic oxidation sites excluding steroid dienone is 1. The summed E-state index contributed by atoms with van der Waals surface area (Å²) in [5.74, 6) is 0.266. The smallest absolute Gasteiger partial charge is 0.134 e. The molecule has 5 rings (SSSR count). The van der Waals surface area contributed by atoms with Crippen LogP contribution in [0.25, 0.3) is 11.1 Å². The molecule has 0 saturated carbocycles. The van der Waals surface area contributed by atoms with Crippen molar-refractivity contribution in [1.29, 1.82) is 0 Å². The fourth-order valence-corrected chi connectivity index (χ4v) is 5.93. The van der Waals surface area contributed by atoms with Gasteiger partial charge >= 0.3 is 0 Å². The van der Waals surface area contributed by atoms with Gasteiger partial charge in [0, 0.05) is 37.0 Å². The molecule has 0 radical (unpaired) electrons. The summed E-state index contributed by atoms with van der Waals surface area (Å²) in [7, 11) is 2.77. The summed E-state index contributed by atoms with van der Waals surface area (Å²) in [6, 6.07) is 16.3. The maximum atomic E-state index is 15.1. The number of nitrogen functional groups attached to an aromatic ring is 1. The molecule has 194 valence electrons. The molecule has 0 aromatic heterocycles. The number of halogens is 2. The lowest BCUT2D eigenvalue weighted by atomic mass is 9.87. The molecule has 0 amide bonds. The maximum Gasteiger partial charge on any atom is 0.134 e. The second-order valence-corrected chi connectivity index (χ2v) is 10.4. The molecule has 1 aliphatic heterocycles. The Bertz CT molecular complexity index is 1310. The molecule has 7 heteroatoms. The third-order valence-electron chi connectivity index (χ3n) is 7.38. The summed E-state index contributed by atoms with van der Waals surface area (Å²) >= 11 is 0. The lowest BCUT2D eigenvalue weighted by molar-refractivity contribution is 0.198. The lowest BCUT2D eigenvalue weighted by Crippen LogP contribution is -2.26. The molecular formula is C30H33F2N2O2P. The van der Waals surface area contributed by atoms with E-state index in [-0.39, 0.29) is 18.5 Å². The zero-order chi connectivity index (χ0) is 25.9. The number of aromatic hydroxyl groups is 1. The molecule has 1 heterocycles. The van der Waals surface area contributed by atoms with Crippen LogP contribution in [0.2, 0.25) is 0 Å². The molecule has 2 aliphatic rings. The van der Waals surface area contributed by atoms with Crippen molar-refractivity contribution >= 4 is 31.4 Å². The number of ether oxygens (including phenoxy) is 1. The Kier molecular flexibility index (Phi) is 7.78. The van der Waals surface area contributed by atoms with Gasteiger partial charge in [-0.15, -0.1) is 9.24 Å². The van der Waals surface area contributed by atoms with Gasteiger partial charge in [-0.05, 0) is 95.6 Å². The minimum atomic E-state index is -0.434. The van der Waals surface area contributed by atoms with Gasteiger partial charge in [0.2, 0.25) is 0 Å². The summed E-state index contributed by atoms with van der Waals surface area (Å²) < 4.78 is 33.9. The van der Waals surface area contributed by atoms with Crippen molar-refractivity contribution in [3.8, 4) is 11.5 Å². The van der Waals surface area contributed by atoms with Gasteiger partial charge in [-0.3, -0.25) is 9.29 Å². The first-order chi connectivity index (χ1) is 17.9. The Morgan fingerprint density at radius 1 is 1.05 bits per heavy atom. The summed E-state index contributed by atoms with van der Waals surface area (Å²) in [4.78, 5) is 2.25. The average molecular weight is 523 g/mol. The third kappa shape index (κ3) is 5.51. The molecule has 2 atom stereocenters. The molecule has 0 spiro atoms. The van der Waals surface area contributed by atoms with Crippen LogP contribution in [0.4, 0.5) is 14.5 Å². The Morgan fingerprint density at radius 3 is 2.59 bits per heavy atom. The van der Waals surface area contributed by atoms with Gasteiger partial charge in [0.05, 0.1) is 6.67 Å². The number of fused-ring (bicyclic) bond motifs is 1. The van der Waals surface area contributed by atoms with E-state index < -0.39 is 5.82 Å². The van der Waals surface area contributed by atoms with Crippen molar-refractivity contribution < 1.29 is 18.6 Å². The number of likely N-dealkylation sites (tertiary alicyclic amines) is 1. The quantitative estimate of drug-likeness (QED) is 0.308. The van der Waals surface area contributed by atoms with Gasteiger partial charge in [-0.1, -0.05) is 18.2 Å². The Balaban J connectivity index is 1.51. The molecule has 3 N–H and O–H groups in total. The van der Waals surface area contributed by atoms with Gasteiger partial charge in [0.25, 0.3) is 0 Å². The second-order valence-electron chi connectivity index (χ2n) is 9.86. The first kappa shape index (κ1) is 25.7. The monoisotopic (exact) mass is 522 g/mol. The van der Waals surface area contributed by atoms with Crippen molar-refractivity contribution in [1.82, 2.24) is 4.90 Å². The van der Waals surface area contributed by atoms with Gasteiger partial charge < -0.3 is 15.6 Å². The molecule has 0 bridgehead atoms. The van der Waals surface area contributed by atoms with E-state index in [1.165, 1.54) is 12.1 Å². The van der Waals surface area contributed by atoms with E-state index in [2.05, 4.69) is 14.1 Å². The number of nitrogens with two attached hydrogens (primary N) is 1. The SMILES string of the molecule is Nc1ccc2c(c1P)CCCC(c1ccc(O)cc1F)=C2c1ccc(OC2CCN(CCCF)C2)cc1. The molecule has 37 heavy (non-hydrogen) atoms. The van der Waals surface area contributed by atoms with Crippen LogP contribution >= 0.6 is 9.24 Å². The number of rotatable bonds is 7. The molecule has 3 aromatic rings. The number of anilines is 1. The van der Waals surface area contributed by atoms with Gasteiger partial charge in [0.1, 0.15) is 23.4 Å². The highest BCUT2D eigenvalue weighted by Crippen LogP contribution is 2.41. The third-order valence-corrected chi connectivity index (χ3v) is 8.06. The fraction of sp³-hybridized carbons (Fsp3) is 0.333. The first-order valence-corrected chi connectivity index (χ1v) is 13.5. The molecule has 3 aromatic carbocycles. The van der Waals surface area contributed by atoms with E-state index in [9.17, 15) is 9.50 Å². The van der Waals surface area contributed by atoms with E-state index in [0.29, 0.717) is 18.4 Å². The molecule has 4 nitrogen and oxygen atoms in total. The Labute approximate surface area is 219 Å². The van der Waals surface area contributed by atoms with Crippen LogP contribution in [-0.4, -0.2) is 42.4 Å². The minimum absolute atomic E-state index is 0.0888. The molecular weight excluding hydrogens is 489 g/mol. The van der Waals surface area contributed by atoms with E-state index >= 15 is 4.39 Å². The van der Waals surface area contributed by atoms with Crippen LogP contribution in [-0.2, 0) is 6.42 Å². The topological polar surface area (TPSA) is 58.7 Å². The summed E-state index contributed by atoms with van der Waals surface area (Å²) in [5, 5.41) is 10.8. The van der Waals surface area contributed by atoms with Gasteiger partial charge in [-0.25, -0.2) is 4.39 Å². The Hall–Kier alpha value is -2.95. The molecule has 1 saturated heterocycles.